The number of benzene rings is 2. The summed E-state index contributed by atoms with van der Waals surface area (Å²) >= 11 is 11.3. The van der Waals surface area contributed by atoms with Crippen molar-refractivity contribution in [3.8, 4) is 11.1 Å². The predicted octanol–water partition coefficient (Wildman–Crippen LogP) is 4.34. The average molecular weight is 319 g/mol. The van der Waals surface area contributed by atoms with Gasteiger partial charge in [0.05, 0.1) is 5.92 Å². The highest BCUT2D eigenvalue weighted by molar-refractivity contribution is 6.66. The molecule has 0 radical (unpaired) electrons. The highest BCUT2D eigenvalue weighted by Crippen LogP contribution is 2.49. The molecular formula is C17H12Cl2O2. The summed E-state index contributed by atoms with van der Waals surface area (Å²) in [5, 5.41) is -1.07. The Kier molecular flexibility index (Phi) is 3.83. The fourth-order valence-corrected chi connectivity index (χ4v) is 3.50. The van der Waals surface area contributed by atoms with E-state index in [1.165, 1.54) is 0 Å². The van der Waals surface area contributed by atoms with Crippen LogP contribution in [0.3, 0.4) is 0 Å². The third-order valence-electron chi connectivity index (χ3n) is 3.96. The Morgan fingerprint density at radius 2 is 1.38 bits per heavy atom. The molecule has 0 aromatic heterocycles. The predicted molar refractivity (Wildman–Crippen MR) is 83.5 cm³/mol. The lowest BCUT2D eigenvalue weighted by atomic mass is 9.83. The zero-order valence-electron chi connectivity index (χ0n) is 11.1. The smallest absolute Gasteiger partial charge is 0.226 e. The van der Waals surface area contributed by atoms with Gasteiger partial charge in [0.15, 0.2) is 0 Å². The third-order valence-corrected chi connectivity index (χ3v) is 4.39. The van der Waals surface area contributed by atoms with E-state index in [9.17, 15) is 9.59 Å². The molecule has 0 spiro atoms. The van der Waals surface area contributed by atoms with Gasteiger partial charge in [0.1, 0.15) is 0 Å². The van der Waals surface area contributed by atoms with Crippen molar-refractivity contribution in [3.63, 3.8) is 0 Å². The molecule has 0 heterocycles. The molecule has 21 heavy (non-hydrogen) atoms. The number of fused-ring (bicyclic) bond motifs is 3. The molecule has 0 N–H and O–H groups in total. The van der Waals surface area contributed by atoms with E-state index in [0.29, 0.717) is 0 Å². The largest absolute Gasteiger partial charge is 0.281 e. The number of hydrogen-bond acceptors (Lipinski definition) is 2. The maximum atomic E-state index is 11.8. The van der Waals surface area contributed by atoms with Crippen molar-refractivity contribution < 1.29 is 9.59 Å². The molecule has 0 fully saturated rings. The van der Waals surface area contributed by atoms with Gasteiger partial charge in [-0.15, -0.1) is 0 Å². The second-order valence-electron chi connectivity index (χ2n) is 5.12. The highest BCUT2D eigenvalue weighted by atomic mass is 35.5. The van der Waals surface area contributed by atoms with Gasteiger partial charge in [-0.2, -0.15) is 0 Å². The summed E-state index contributed by atoms with van der Waals surface area (Å²) in [6, 6.07) is 15.8. The van der Waals surface area contributed by atoms with Crippen molar-refractivity contribution >= 4 is 33.7 Å². The molecule has 4 heteroatoms. The summed E-state index contributed by atoms with van der Waals surface area (Å²) < 4.78 is 0. The minimum atomic E-state index is -0.638. The van der Waals surface area contributed by atoms with E-state index in [-0.39, 0.29) is 12.3 Å². The van der Waals surface area contributed by atoms with E-state index in [0.717, 1.165) is 22.3 Å². The zero-order valence-corrected chi connectivity index (χ0v) is 12.6. The maximum absolute atomic E-state index is 11.8. The number of hydrogen-bond donors (Lipinski definition) is 0. The lowest BCUT2D eigenvalue weighted by molar-refractivity contribution is -0.120. The van der Waals surface area contributed by atoms with Crippen LogP contribution in [0.1, 0.15) is 23.5 Å². The molecule has 0 saturated carbocycles. The molecule has 0 saturated heterocycles. The van der Waals surface area contributed by atoms with Gasteiger partial charge in [-0.3, -0.25) is 9.59 Å². The van der Waals surface area contributed by atoms with E-state index < -0.39 is 16.4 Å². The number of carbonyl (C=O) groups excluding carboxylic acids is 2. The van der Waals surface area contributed by atoms with Gasteiger partial charge in [0, 0.05) is 12.3 Å². The SMILES string of the molecule is O=C(Cl)CC(C(=O)Cl)C1c2ccccc2-c2ccccc21. The molecule has 2 nitrogen and oxygen atoms in total. The zero-order chi connectivity index (χ0) is 15.0. The first-order valence-corrected chi connectivity index (χ1v) is 7.41. The van der Waals surface area contributed by atoms with E-state index in [1.807, 2.05) is 48.5 Å². The Morgan fingerprint density at radius 3 is 1.81 bits per heavy atom. The van der Waals surface area contributed by atoms with E-state index in [2.05, 4.69) is 0 Å². The number of halogens is 2. The summed E-state index contributed by atoms with van der Waals surface area (Å²) in [6.07, 6.45) is -0.0583. The number of carbonyl (C=O) groups is 2. The molecule has 106 valence electrons. The van der Waals surface area contributed by atoms with Crippen LogP contribution >= 0.6 is 23.2 Å². The van der Waals surface area contributed by atoms with Crippen LogP contribution in [-0.4, -0.2) is 10.5 Å². The van der Waals surface area contributed by atoms with Gasteiger partial charge < -0.3 is 0 Å². The summed E-state index contributed by atoms with van der Waals surface area (Å²) in [5.41, 5.74) is 4.22. The van der Waals surface area contributed by atoms with Gasteiger partial charge in [0.2, 0.25) is 10.5 Å². The monoisotopic (exact) mass is 318 g/mol. The molecule has 1 aliphatic rings. The van der Waals surface area contributed by atoms with E-state index in [4.69, 9.17) is 23.2 Å². The normalized spacial score (nSPS) is 14.4. The standard InChI is InChI=1S/C17H12Cl2O2/c18-15(20)9-14(17(19)21)16-12-7-3-1-5-10(12)11-6-2-4-8-13(11)16/h1-8,14,16H,9H2. The summed E-state index contributed by atoms with van der Waals surface area (Å²) in [6.45, 7) is 0. The average Bonchev–Trinajstić information content (AvgIpc) is 2.79. The fraction of sp³-hybridized carbons (Fsp3) is 0.176. The van der Waals surface area contributed by atoms with Crippen LogP contribution in [0.2, 0.25) is 0 Å². The maximum Gasteiger partial charge on any atom is 0.226 e. The molecular weight excluding hydrogens is 307 g/mol. The molecule has 3 rings (SSSR count). The van der Waals surface area contributed by atoms with Crippen LogP contribution in [0.25, 0.3) is 11.1 Å². The minimum Gasteiger partial charge on any atom is -0.281 e. The number of rotatable bonds is 4. The van der Waals surface area contributed by atoms with Crippen molar-refractivity contribution in [1.29, 1.82) is 0 Å². The third kappa shape index (κ3) is 2.50. The van der Waals surface area contributed by atoms with Crippen molar-refractivity contribution in [1.82, 2.24) is 0 Å². The van der Waals surface area contributed by atoms with Crippen LogP contribution < -0.4 is 0 Å². The summed E-state index contributed by atoms with van der Waals surface area (Å²) in [7, 11) is 0. The van der Waals surface area contributed by atoms with Crippen molar-refractivity contribution in [2.24, 2.45) is 5.92 Å². The molecule has 1 aliphatic carbocycles. The Bertz CT molecular complexity index is 679. The first-order chi connectivity index (χ1) is 10.1. The van der Waals surface area contributed by atoms with Gasteiger partial charge in [0.25, 0.3) is 0 Å². The van der Waals surface area contributed by atoms with Crippen LogP contribution in [0.5, 0.6) is 0 Å². The topological polar surface area (TPSA) is 34.1 Å². The molecule has 0 bridgehead atoms. The lowest BCUT2D eigenvalue weighted by Crippen LogP contribution is -2.20. The Morgan fingerprint density at radius 1 is 0.905 bits per heavy atom. The van der Waals surface area contributed by atoms with Crippen molar-refractivity contribution in [3.05, 3.63) is 59.7 Å². The fourth-order valence-electron chi connectivity index (χ4n) is 3.13. The molecule has 2 aromatic rings. The Labute approximate surface area is 132 Å². The molecule has 0 amide bonds. The Hall–Kier alpha value is -1.64. The van der Waals surface area contributed by atoms with Crippen molar-refractivity contribution in [2.45, 2.75) is 12.3 Å². The van der Waals surface area contributed by atoms with Gasteiger partial charge >= 0.3 is 0 Å². The molecule has 2 aromatic carbocycles. The van der Waals surface area contributed by atoms with Crippen LogP contribution in [0, 0.1) is 5.92 Å². The summed E-state index contributed by atoms with van der Waals surface area (Å²) in [5.74, 6) is -0.855. The van der Waals surface area contributed by atoms with Gasteiger partial charge in [-0.25, -0.2) is 0 Å². The quantitative estimate of drug-likeness (QED) is 0.786. The molecule has 1 unspecified atom stereocenters. The lowest BCUT2D eigenvalue weighted by Gasteiger charge is -2.21. The molecule has 0 aliphatic heterocycles. The summed E-state index contributed by atoms with van der Waals surface area (Å²) in [4.78, 5) is 23.1. The second kappa shape index (κ2) is 5.63. The van der Waals surface area contributed by atoms with Crippen LogP contribution in [0.15, 0.2) is 48.5 Å². The van der Waals surface area contributed by atoms with Crippen LogP contribution in [0.4, 0.5) is 0 Å². The van der Waals surface area contributed by atoms with E-state index in [1.54, 1.807) is 0 Å². The van der Waals surface area contributed by atoms with Gasteiger partial charge in [-0.05, 0) is 45.5 Å². The minimum absolute atomic E-state index is 0.0583. The highest BCUT2D eigenvalue weighted by Gasteiger charge is 2.37. The van der Waals surface area contributed by atoms with E-state index >= 15 is 0 Å². The first kappa shape index (κ1) is 14.3. The van der Waals surface area contributed by atoms with Gasteiger partial charge in [-0.1, -0.05) is 48.5 Å². The Balaban J connectivity index is 2.17. The first-order valence-electron chi connectivity index (χ1n) is 6.65. The molecule has 1 atom stereocenters. The van der Waals surface area contributed by atoms with Crippen molar-refractivity contribution in [2.75, 3.05) is 0 Å². The van der Waals surface area contributed by atoms with Crippen LogP contribution in [-0.2, 0) is 9.59 Å². The second-order valence-corrected chi connectivity index (χ2v) is 5.92.